The average molecular weight is 390 g/mol. The fraction of sp³-hybridized carbons (Fsp3) is 0.318. The maximum atomic E-state index is 5.39. The van der Waals surface area contributed by atoms with Crippen LogP contribution in [-0.2, 0) is 4.74 Å². The van der Waals surface area contributed by atoms with Crippen molar-refractivity contribution in [2.24, 2.45) is 0 Å². The Morgan fingerprint density at radius 2 is 1.79 bits per heavy atom. The number of hydrogen-bond donors (Lipinski definition) is 2. The van der Waals surface area contributed by atoms with Gasteiger partial charge in [-0.05, 0) is 37.2 Å². The van der Waals surface area contributed by atoms with Crippen LogP contribution in [-0.4, -0.2) is 59.2 Å². The second kappa shape index (κ2) is 9.95. The summed E-state index contributed by atoms with van der Waals surface area (Å²) >= 11 is 0. The van der Waals surface area contributed by atoms with Gasteiger partial charge in [0.25, 0.3) is 0 Å². The number of rotatable bonds is 8. The van der Waals surface area contributed by atoms with Crippen LogP contribution in [0.1, 0.15) is 6.42 Å². The molecule has 1 aliphatic rings. The fourth-order valence-electron chi connectivity index (χ4n) is 3.32. The van der Waals surface area contributed by atoms with Crippen LogP contribution in [0.2, 0.25) is 0 Å². The molecule has 2 aromatic heterocycles. The molecule has 29 heavy (non-hydrogen) atoms. The van der Waals surface area contributed by atoms with E-state index in [9.17, 15) is 0 Å². The smallest absolute Gasteiger partial charge is 0.229 e. The molecule has 7 heteroatoms. The van der Waals surface area contributed by atoms with E-state index in [0.717, 1.165) is 68.6 Å². The topological polar surface area (TPSA) is 75.2 Å². The minimum Gasteiger partial charge on any atom is -0.379 e. The van der Waals surface area contributed by atoms with Crippen LogP contribution >= 0.6 is 0 Å². The Bertz CT molecular complexity index is 899. The van der Waals surface area contributed by atoms with Crippen LogP contribution in [0.4, 0.5) is 17.5 Å². The van der Waals surface area contributed by atoms with Gasteiger partial charge in [0.2, 0.25) is 5.95 Å². The van der Waals surface area contributed by atoms with Gasteiger partial charge in [0.1, 0.15) is 5.82 Å². The number of para-hydroxylation sites is 1. The van der Waals surface area contributed by atoms with Gasteiger partial charge in [0, 0.05) is 37.6 Å². The van der Waals surface area contributed by atoms with Crippen molar-refractivity contribution in [1.82, 2.24) is 19.9 Å². The summed E-state index contributed by atoms with van der Waals surface area (Å²) in [5.41, 5.74) is 2.85. The molecule has 0 saturated carbocycles. The predicted octanol–water partition coefficient (Wildman–Crippen LogP) is 3.42. The Hall–Kier alpha value is -3.03. The maximum Gasteiger partial charge on any atom is 0.229 e. The van der Waals surface area contributed by atoms with Crippen molar-refractivity contribution < 1.29 is 4.74 Å². The number of hydrogen-bond acceptors (Lipinski definition) is 7. The lowest BCUT2D eigenvalue weighted by atomic mass is 10.1. The van der Waals surface area contributed by atoms with Crippen molar-refractivity contribution in [1.29, 1.82) is 0 Å². The highest BCUT2D eigenvalue weighted by Crippen LogP contribution is 2.27. The second-order valence-corrected chi connectivity index (χ2v) is 6.89. The molecule has 0 unspecified atom stereocenters. The van der Waals surface area contributed by atoms with Gasteiger partial charge >= 0.3 is 0 Å². The van der Waals surface area contributed by atoms with Gasteiger partial charge in [0.05, 0.1) is 24.6 Å². The first-order chi connectivity index (χ1) is 14.4. The normalized spacial score (nSPS) is 14.5. The number of pyridine rings is 1. The molecule has 1 aliphatic heterocycles. The molecule has 2 N–H and O–H groups in total. The molecule has 3 heterocycles. The van der Waals surface area contributed by atoms with Gasteiger partial charge < -0.3 is 15.4 Å². The number of aromatic nitrogens is 3. The molecule has 3 aromatic rings. The Morgan fingerprint density at radius 1 is 0.931 bits per heavy atom. The third kappa shape index (κ3) is 5.49. The van der Waals surface area contributed by atoms with E-state index in [4.69, 9.17) is 4.74 Å². The highest BCUT2D eigenvalue weighted by molar-refractivity contribution is 5.77. The van der Waals surface area contributed by atoms with E-state index >= 15 is 0 Å². The summed E-state index contributed by atoms with van der Waals surface area (Å²) in [7, 11) is 0. The molecule has 0 radical (unpaired) electrons. The van der Waals surface area contributed by atoms with Gasteiger partial charge in [0.15, 0.2) is 0 Å². The van der Waals surface area contributed by atoms with Crippen LogP contribution in [0.25, 0.3) is 11.3 Å². The summed E-state index contributed by atoms with van der Waals surface area (Å²) in [6.45, 7) is 5.68. The molecule has 0 bridgehead atoms. The molecular weight excluding hydrogens is 364 g/mol. The number of ether oxygens (including phenoxy) is 1. The van der Waals surface area contributed by atoms with Crippen molar-refractivity contribution in [3.05, 3.63) is 60.9 Å². The standard InChI is InChI=1S/C22H26N6O/c1-2-8-20(18(6-1)19-7-3-4-10-23-19)26-22-25-12-9-21(27-22)24-11-5-13-28-14-16-29-17-15-28/h1-4,6-10,12H,5,11,13-17H2,(H2,24,25,26,27). The third-order valence-electron chi connectivity index (χ3n) is 4.83. The summed E-state index contributed by atoms with van der Waals surface area (Å²) in [5.74, 6) is 1.38. The van der Waals surface area contributed by atoms with Gasteiger partial charge in [-0.2, -0.15) is 4.98 Å². The molecular formula is C22H26N6O. The Kier molecular flexibility index (Phi) is 6.62. The molecule has 0 amide bonds. The van der Waals surface area contributed by atoms with Crippen molar-refractivity contribution in [2.45, 2.75) is 6.42 Å². The number of nitrogens with zero attached hydrogens (tertiary/aromatic N) is 4. The fourth-order valence-corrected chi connectivity index (χ4v) is 3.32. The van der Waals surface area contributed by atoms with Crippen LogP contribution < -0.4 is 10.6 Å². The number of morpholine rings is 1. The zero-order chi connectivity index (χ0) is 19.7. The molecule has 0 spiro atoms. The molecule has 0 atom stereocenters. The van der Waals surface area contributed by atoms with Crippen LogP contribution in [0, 0.1) is 0 Å². The minimum atomic E-state index is 0.562. The van der Waals surface area contributed by atoms with Crippen LogP contribution in [0.15, 0.2) is 60.9 Å². The summed E-state index contributed by atoms with van der Waals surface area (Å²) in [6, 6.07) is 15.8. The molecule has 4 rings (SSSR count). The van der Waals surface area contributed by atoms with E-state index in [1.54, 1.807) is 12.4 Å². The third-order valence-corrected chi connectivity index (χ3v) is 4.83. The molecule has 150 valence electrons. The number of anilines is 3. The van der Waals surface area contributed by atoms with E-state index in [1.807, 2.05) is 48.5 Å². The van der Waals surface area contributed by atoms with Gasteiger partial charge in [-0.25, -0.2) is 4.98 Å². The number of nitrogens with one attached hydrogen (secondary N) is 2. The van der Waals surface area contributed by atoms with E-state index in [2.05, 4.69) is 30.5 Å². The lowest BCUT2D eigenvalue weighted by Gasteiger charge is -2.26. The first kappa shape index (κ1) is 19.3. The average Bonchev–Trinajstić information content (AvgIpc) is 2.79. The van der Waals surface area contributed by atoms with Crippen LogP contribution in [0.5, 0.6) is 0 Å². The monoisotopic (exact) mass is 390 g/mol. The van der Waals surface area contributed by atoms with Crippen molar-refractivity contribution in [3.63, 3.8) is 0 Å². The lowest BCUT2D eigenvalue weighted by Crippen LogP contribution is -2.37. The van der Waals surface area contributed by atoms with Gasteiger partial charge in [-0.1, -0.05) is 24.3 Å². The summed E-state index contributed by atoms with van der Waals surface area (Å²) in [5, 5.41) is 6.72. The van der Waals surface area contributed by atoms with Gasteiger partial charge in [-0.15, -0.1) is 0 Å². The number of benzene rings is 1. The molecule has 7 nitrogen and oxygen atoms in total. The predicted molar refractivity (Wildman–Crippen MR) is 115 cm³/mol. The Morgan fingerprint density at radius 3 is 2.66 bits per heavy atom. The van der Waals surface area contributed by atoms with Gasteiger partial charge in [-0.3, -0.25) is 9.88 Å². The maximum absolute atomic E-state index is 5.39. The highest BCUT2D eigenvalue weighted by atomic mass is 16.5. The molecule has 0 aliphatic carbocycles. The zero-order valence-electron chi connectivity index (χ0n) is 16.4. The van der Waals surface area contributed by atoms with Crippen molar-refractivity contribution in [3.8, 4) is 11.3 Å². The van der Waals surface area contributed by atoms with Crippen molar-refractivity contribution in [2.75, 3.05) is 50.0 Å². The summed E-state index contributed by atoms with van der Waals surface area (Å²) < 4.78 is 5.39. The summed E-state index contributed by atoms with van der Waals surface area (Å²) in [6.07, 6.45) is 4.63. The Labute approximate surface area is 171 Å². The first-order valence-electron chi connectivity index (χ1n) is 10.0. The van der Waals surface area contributed by atoms with Crippen LogP contribution in [0.3, 0.4) is 0 Å². The quantitative estimate of drug-likeness (QED) is 0.571. The molecule has 1 fully saturated rings. The SMILES string of the molecule is c1ccc(-c2ccccc2Nc2nccc(NCCCN3CCOCC3)n2)nc1. The zero-order valence-corrected chi connectivity index (χ0v) is 16.4. The minimum absolute atomic E-state index is 0.562. The lowest BCUT2D eigenvalue weighted by molar-refractivity contribution is 0.0378. The van der Waals surface area contributed by atoms with E-state index < -0.39 is 0 Å². The van der Waals surface area contributed by atoms with E-state index in [1.165, 1.54) is 0 Å². The highest BCUT2D eigenvalue weighted by Gasteiger charge is 2.10. The largest absolute Gasteiger partial charge is 0.379 e. The molecule has 1 aromatic carbocycles. The summed E-state index contributed by atoms with van der Waals surface area (Å²) in [4.78, 5) is 15.9. The first-order valence-corrected chi connectivity index (χ1v) is 10.0. The van der Waals surface area contributed by atoms with E-state index in [0.29, 0.717) is 5.95 Å². The second-order valence-electron chi connectivity index (χ2n) is 6.89. The van der Waals surface area contributed by atoms with E-state index in [-0.39, 0.29) is 0 Å². The Balaban J connectivity index is 1.36. The molecule has 1 saturated heterocycles. The van der Waals surface area contributed by atoms with Crippen molar-refractivity contribution >= 4 is 17.5 Å².